The van der Waals surface area contributed by atoms with Crippen molar-refractivity contribution >= 4 is 17.8 Å². The summed E-state index contributed by atoms with van der Waals surface area (Å²) in [5.74, 6) is -2.00. The molecule has 0 spiro atoms. The number of fused-ring (bicyclic) bond motifs is 3. The number of carbonyl (C=O) groups is 3. The monoisotopic (exact) mass is 601 g/mol. The predicted molar refractivity (Wildman–Crippen MR) is 153 cm³/mol. The number of nitrogens with one attached hydrogen (secondary N) is 1. The van der Waals surface area contributed by atoms with E-state index >= 15 is 0 Å². The molecule has 8 nitrogen and oxygen atoms in total. The molecule has 224 valence electrons. The minimum atomic E-state index is -4.47. The smallest absolute Gasteiger partial charge is 0.416 e. The fourth-order valence-corrected chi connectivity index (χ4v) is 5.62. The van der Waals surface area contributed by atoms with Gasteiger partial charge in [0.2, 0.25) is 0 Å². The van der Waals surface area contributed by atoms with Crippen molar-refractivity contribution in [3.63, 3.8) is 0 Å². The molecule has 3 heterocycles. The lowest BCUT2D eigenvalue weighted by atomic mass is 9.90. The van der Waals surface area contributed by atoms with E-state index in [1.807, 2.05) is 30.3 Å². The van der Waals surface area contributed by atoms with Gasteiger partial charge in [-0.2, -0.15) is 13.2 Å². The van der Waals surface area contributed by atoms with Gasteiger partial charge in [0.05, 0.1) is 34.7 Å². The molecule has 1 aromatic heterocycles. The van der Waals surface area contributed by atoms with Gasteiger partial charge in [0.1, 0.15) is 12.8 Å². The number of hydrogen-bond acceptors (Lipinski definition) is 5. The molecule has 0 radical (unpaired) electrons. The molecule has 6 rings (SSSR count). The first kappa shape index (κ1) is 29.1. The highest BCUT2D eigenvalue weighted by atomic mass is 19.4. The Bertz CT molecular complexity index is 1740. The standard InChI is InChI=1S/C33H26F3N3O5/c34-33(35,36)23-13-6-19(7-14-23)8-15-24-27(32(42)43)26(28-29(38-24)25-17-44-18-39(25)31(28)41)21-9-11-22(12-10-21)30(40)37-16-20-4-2-1-3-5-20/h1-7,9-14,25H,8,15-18H2,(H,37,40)(H,42,43)/t25-/m1/s1. The van der Waals surface area contributed by atoms with E-state index in [1.54, 1.807) is 24.3 Å². The third kappa shape index (κ3) is 5.53. The van der Waals surface area contributed by atoms with Crippen LogP contribution in [-0.2, 0) is 30.3 Å². The summed E-state index contributed by atoms with van der Waals surface area (Å²) in [6, 6.07) is 20.0. The van der Waals surface area contributed by atoms with E-state index in [4.69, 9.17) is 4.74 Å². The molecule has 11 heteroatoms. The summed E-state index contributed by atoms with van der Waals surface area (Å²) in [5.41, 5.74) is 2.33. The summed E-state index contributed by atoms with van der Waals surface area (Å²) in [6.45, 7) is 0.581. The predicted octanol–water partition coefficient (Wildman–Crippen LogP) is 5.67. The van der Waals surface area contributed by atoms with Crippen molar-refractivity contribution in [1.82, 2.24) is 15.2 Å². The number of ether oxygens (including phenoxy) is 1. The molecular weight excluding hydrogens is 575 g/mol. The Morgan fingerprint density at radius 1 is 0.932 bits per heavy atom. The molecule has 0 unspecified atom stereocenters. The van der Waals surface area contributed by atoms with Gasteiger partial charge in [-0.15, -0.1) is 0 Å². The van der Waals surface area contributed by atoms with Crippen LogP contribution in [0.4, 0.5) is 13.2 Å². The lowest BCUT2D eigenvalue weighted by molar-refractivity contribution is -0.137. The zero-order valence-electron chi connectivity index (χ0n) is 23.2. The van der Waals surface area contributed by atoms with Gasteiger partial charge < -0.3 is 20.1 Å². The number of aromatic nitrogens is 1. The largest absolute Gasteiger partial charge is 0.478 e. The van der Waals surface area contributed by atoms with Gasteiger partial charge in [-0.25, -0.2) is 4.79 Å². The van der Waals surface area contributed by atoms with Crippen LogP contribution >= 0.6 is 0 Å². The second-order valence-corrected chi connectivity index (χ2v) is 10.6. The summed E-state index contributed by atoms with van der Waals surface area (Å²) >= 11 is 0. The second-order valence-electron chi connectivity index (χ2n) is 10.6. The fraction of sp³-hybridized carbons (Fsp3) is 0.212. The van der Waals surface area contributed by atoms with E-state index in [1.165, 1.54) is 17.0 Å². The highest BCUT2D eigenvalue weighted by molar-refractivity contribution is 6.10. The number of carboxylic acid groups (broad SMARTS) is 1. The average molecular weight is 602 g/mol. The lowest BCUT2D eigenvalue weighted by Gasteiger charge is -2.17. The molecule has 0 saturated carbocycles. The van der Waals surface area contributed by atoms with Crippen LogP contribution in [0.25, 0.3) is 11.1 Å². The van der Waals surface area contributed by atoms with Gasteiger partial charge in [-0.3, -0.25) is 14.6 Å². The van der Waals surface area contributed by atoms with Crippen LogP contribution in [0.2, 0.25) is 0 Å². The van der Waals surface area contributed by atoms with E-state index in [-0.39, 0.29) is 54.5 Å². The van der Waals surface area contributed by atoms with Gasteiger partial charge in [0.15, 0.2) is 0 Å². The van der Waals surface area contributed by atoms with Crippen molar-refractivity contribution in [2.24, 2.45) is 0 Å². The molecule has 44 heavy (non-hydrogen) atoms. The van der Waals surface area contributed by atoms with Crippen LogP contribution in [0, 0.1) is 0 Å². The zero-order valence-corrected chi connectivity index (χ0v) is 23.2. The Labute approximate surface area is 250 Å². The molecule has 2 aliphatic rings. The van der Waals surface area contributed by atoms with Crippen molar-refractivity contribution in [2.75, 3.05) is 13.3 Å². The Morgan fingerprint density at radius 3 is 2.30 bits per heavy atom. The number of amides is 2. The highest BCUT2D eigenvalue weighted by Crippen LogP contribution is 2.43. The zero-order chi connectivity index (χ0) is 31.0. The first-order chi connectivity index (χ1) is 21.1. The fourth-order valence-electron chi connectivity index (χ4n) is 5.62. The first-order valence-corrected chi connectivity index (χ1v) is 13.9. The summed E-state index contributed by atoms with van der Waals surface area (Å²) in [6.07, 6.45) is -4.14. The van der Waals surface area contributed by atoms with Gasteiger partial charge in [0, 0.05) is 17.7 Å². The Kier molecular flexibility index (Phi) is 7.64. The van der Waals surface area contributed by atoms with E-state index < -0.39 is 29.7 Å². The van der Waals surface area contributed by atoms with Crippen LogP contribution in [0.3, 0.4) is 0 Å². The number of aromatic carboxylic acids is 1. The molecule has 3 aromatic carbocycles. The third-order valence-corrected chi connectivity index (χ3v) is 7.85. The number of benzene rings is 3. The minimum Gasteiger partial charge on any atom is -0.478 e. The Balaban J connectivity index is 1.35. The van der Waals surface area contributed by atoms with Crippen molar-refractivity contribution in [1.29, 1.82) is 0 Å². The van der Waals surface area contributed by atoms with Gasteiger partial charge in [-0.1, -0.05) is 54.6 Å². The molecule has 1 atom stereocenters. The molecule has 1 saturated heterocycles. The molecule has 2 N–H and O–H groups in total. The van der Waals surface area contributed by atoms with E-state index in [0.29, 0.717) is 28.9 Å². The molecule has 0 aliphatic carbocycles. The number of hydrogen-bond donors (Lipinski definition) is 2. The number of halogens is 3. The van der Waals surface area contributed by atoms with Crippen molar-refractivity contribution in [2.45, 2.75) is 31.6 Å². The molecule has 2 amide bonds. The summed E-state index contributed by atoms with van der Waals surface area (Å²) < 4.78 is 44.5. The number of carboxylic acids is 1. The topological polar surface area (TPSA) is 109 Å². The van der Waals surface area contributed by atoms with Crippen LogP contribution < -0.4 is 5.32 Å². The van der Waals surface area contributed by atoms with E-state index in [2.05, 4.69) is 10.3 Å². The number of nitrogens with zero attached hydrogens (tertiary/aromatic N) is 2. The van der Waals surface area contributed by atoms with Gasteiger partial charge >= 0.3 is 12.1 Å². The minimum absolute atomic E-state index is 0.0448. The second kappa shape index (κ2) is 11.6. The number of carbonyl (C=O) groups excluding carboxylic acids is 2. The SMILES string of the molecule is O=C(NCc1ccccc1)c1ccc(-c2c(C(=O)O)c(CCc3ccc(C(F)(F)F)cc3)nc3c2C(=O)N2COC[C@H]32)cc1. The van der Waals surface area contributed by atoms with Crippen LogP contribution in [0.1, 0.15) is 65.2 Å². The normalized spacial score (nSPS) is 15.7. The lowest BCUT2D eigenvalue weighted by Crippen LogP contribution is -2.23. The van der Waals surface area contributed by atoms with Crippen molar-refractivity contribution in [3.8, 4) is 11.1 Å². The summed E-state index contributed by atoms with van der Waals surface area (Å²) in [7, 11) is 0. The Hall–Kier alpha value is -5.03. The van der Waals surface area contributed by atoms with Gasteiger partial charge in [-0.05, 0) is 53.8 Å². The summed E-state index contributed by atoms with van der Waals surface area (Å²) in [4.78, 5) is 45.2. The highest BCUT2D eigenvalue weighted by Gasteiger charge is 2.45. The van der Waals surface area contributed by atoms with E-state index in [9.17, 15) is 32.7 Å². The van der Waals surface area contributed by atoms with Crippen molar-refractivity contribution in [3.05, 3.63) is 124 Å². The number of aryl methyl sites for hydroxylation is 2. The molecule has 1 fully saturated rings. The van der Waals surface area contributed by atoms with Crippen LogP contribution in [0.5, 0.6) is 0 Å². The third-order valence-electron chi connectivity index (χ3n) is 7.85. The van der Waals surface area contributed by atoms with Crippen LogP contribution in [-0.4, -0.2) is 46.1 Å². The number of rotatable bonds is 8. The molecule has 0 bridgehead atoms. The average Bonchev–Trinajstić information content (AvgIpc) is 3.61. The van der Waals surface area contributed by atoms with E-state index in [0.717, 1.165) is 17.7 Å². The van der Waals surface area contributed by atoms with Crippen molar-refractivity contribution < 1.29 is 37.4 Å². The maximum atomic E-state index is 13.5. The molecule has 2 aliphatic heterocycles. The quantitative estimate of drug-likeness (QED) is 0.270. The number of alkyl halides is 3. The summed E-state index contributed by atoms with van der Waals surface area (Å²) in [5, 5.41) is 13.2. The maximum absolute atomic E-state index is 13.5. The number of pyridine rings is 1. The molecule has 4 aromatic rings. The first-order valence-electron chi connectivity index (χ1n) is 13.9. The maximum Gasteiger partial charge on any atom is 0.416 e. The Morgan fingerprint density at radius 2 is 1.64 bits per heavy atom. The molecular formula is C33H26F3N3O5. The van der Waals surface area contributed by atoms with Gasteiger partial charge in [0.25, 0.3) is 11.8 Å². The van der Waals surface area contributed by atoms with Crippen LogP contribution in [0.15, 0.2) is 78.9 Å².